The molecule has 2 fully saturated rings. The monoisotopic (exact) mass is 340 g/mol. The van der Waals surface area contributed by atoms with Crippen LogP contribution in [-0.2, 0) is 4.74 Å². The fourth-order valence-corrected chi connectivity index (χ4v) is 3.20. The maximum absolute atomic E-state index is 10.2. The molecule has 3 N–H and O–H groups in total. The van der Waals surface area contributed by atoms with Crippen molar-refractivity contribution in [2.45, 2.75) is 70.6 Å². The predicted molar refractivity (Wildman–Crippen MR) is 98.5 cm³/mol. The fourth-order valence-electron chi connectivity index (χ4n) is 3.20. The average molecular weight is 341 g/mol. The van der Waals surface area contributed by atoms with E-state index in [2.05, 4.69) is 41.3 Å². The van der Waals surface area contributed by atoms with Gasteiger partial charge in [-0.3, -0.25) is 4.99 Å². The lowest BCUT2D eigenvalue weighted by Gasteiger charge is -2.36. The van der Waals surface area contributed by atoms with Gasteiger partial charge in [0.25, 0.3) is 0 Å². The van der Waals surface area contributed by atoms with Crippen LogP contribution in [0.3, 0.4) is 0 Å². The lowest BCUT2D eigenvalue weighted by atomic mass is 9.80. The highest BCUT2D eigenvalue weighted by molar-refractivity contribution is 5.80. The van der Waals surface area contributed by atoms with Gasteiger partial charge >= 0.3 is 0 Å². The van der Waals surface area contributed by atoms with Crippen LogP contribution in [0, 0.1) is 0 Å². The van der Waals surface area contributed by atoms with Crippen molar-refractivity contribution in [2.75, 3.05) is 39.3 Å². The molecule has 6 nitrogen and oxygen atoms in total. The summed E-state index contributed by atoms with van der Waals surface area (Å²) < 4.78 is 5.64. The summed E-state index contributed by atoms with van der Waals surface area (Å²) in [5, 5.41) is 17.1. The lowest BCUT2D eigenvalue weighted by Crippen LogP contribution is -2.50. The second kappa shape index (κ2) is 9.59. The van der Waals surface area contributed by atoms with Crippen LogP contribution in [0.5, 0.6) is 0 Å². The van der Waals surface area contributed by atoms with Gasteiger partial charge in [-0.15, -0.1) is 0 Å². The molecule has 0 radical (unpaired) electrons. The molecule has 6 heteroatoms. The number of guanidine groups is 1. The summed E-state index contributed by atoms with van der Waals surface area (Å²) in [7, 11) is 0. The third-order valence-electron chi connectivity index (χ3n) is 4.95. The zero-order valence-corrected chi connectivity index (χ0v) is 15.7. The number of rotatable bonds is 8. The molecule has 1 heterocycles. The van der Waals surface area contributed by atoms with Gasteiger partial charge in [0.2, 0.25) is 0 Å². The van der Waals surface area contributed by atoms with Crippen molar-refractivity contribution in [1.82, 2.24) is 15.5 Å². The van der Waals surface area contributed by atoms with Crippen LogP contribution < -0.4 is 10.6 Å². The van der Waals surface area contributed by atoms with Crippen molar-refractivity contribution in [1.29, 1.82) is 0 Å². The zero-order valence-electron chi connectivity index (χ0n) is 15.7. The Hall–Kier alpha value is -0.850. The van der Waals surface area contributed by atoms with E-state index >= 15 is 0 Å². The van der Waals surface area contributed by atoms with Crippen molar-refractivity contribution in [3.63, 3.8) is 0 Å². The highest BCUT2D eigenvalue weighted by Crippen LogP contribution is 2.31. The summed E-state index contributed by atoms with van der Waals surface area (Å²) in [4.78, 5) is 7.07. The van der Waals surface area contributed by atoms with Gasteiger partial charge in [-0.05, 0) is 52.9 Å². The van der Waals surface area contributed by atoms with Crippen LogP contribution in [0.15, 0.2) is 4.99 Å². The van der Waals surface area contributed by atoms with Gasteiger partial charge in [0.1, 0.15) is 0 Å². The minimum Gasteiger partial charge on any atom is -0.388 e. The summed E-state index contributed by atoms with van der Waals surface area (Å²) in [5.74, 6) is 0.847. The number of hydrogen-bond donors (Lipinski definition) is 3. The van der Waals surface area contributed by atoms with Crippen molar-refractivity contribution in [3.05, 3.63) is 0 Å². The Morgan fingerprint density at radius 2 is 2.04 bits per heavy atom. The molecule has 1 aliphatic carbocycles. The molecule has 1 saturated heterocycles. The molecule has 0 amide bonds. The number of aliphatic hydroxyl groups is 1. The quantitative estimate of drug-likeness (QED) is 0.460. The second-order valence-electron chi connectivity index (χ2n) is 7.45. The van der Waals surface area contributed by atoms with E-state index in [0.29, 0.717) is 18.7 Å². The summed E-state index contributed by atoms with van der Waals surface area (Å²) in [6, 6.07) is 0.459. The number of nitrogens with zero attached hydrogens (tertiary/aromatic N) is 2. The fraction of sp³-hybridized carbons (Fsp3) is 0.944. The normalized spacial score (nSPS) is 22.5. The van der Waals surface area contributed by atoms with E-state index in [-0.39, 0.29) is 0 Å². The summed E-state index contributed by atoms with van der Waals surface area (Å²) >= 11 is 0. The number of likely N-dealkylation sites (tertiary alicyclic amines) is 1. The van der Waals surface area contributed by atoms with E-state index in [1.165, 1.54) is 0 Å². The van der Waals surface area contributed by atoms with E-state index in [4.69, 9.17) is 4.74 Å². The maximum Gasteiger partial charge on any atom is 0.191 e. The molecule has 0 spiro atoms. The van der Waals surface area contributed by atoms with Crippen molar-refractivity contribution >= 4 is 5.96 Å². The van der Waals surface area contributed by atoms with Crippen LogP contribution >= 0.6 is 0 Å². The number of piperidine rings is 1. The van der Waals surface area contributed by atoms with Gasteiger partial charge in [0.05, 0.1) is 24.9 Å². The summed E-state index contributed by atoms with van der Waals surface area (Å²) in [5.41, 5.74) is -0.553. The van der Waals surface area contributed by atoms with Crippen LogP contribution in [0.4, 0.5) is 0 Å². The van der Waals surface area contributed by atoms with Gasteiger partial charge in [-0.25, -0.2) is 0 Å². The Kier molecular flexibility index (Phi) is 7.78. The molecular formula is C18H36N4O2. The topological polar surface area (TPSA) is 69.1 Å². The first kappa shape index (κ1) is 19.5. The van der Waals surface area contributed by atoms with Crippen molar-refractivity contribution in [2.24, 2.45) is 4.99 Å². The number of ether oxygens (including phenoxy) is 1. The molecule has 0 aromatic heterocycles. The highest BCUT2D eigenvalue weighted by atomic mass is 16.5. The predicted octanol–water partition coefficient (Wildman–Crippen LogP) is 1.35. The Labute approximate surface area is 147 Å². The Morgan fingerprint density at radius 3 is 2.58 bits per heavy atom. The largest absolute Gasteiger partial charge is 0.388 e. The molecule has 0 bridgehead atoms. The van der Waals surface area contributed by atoms with E-state index in [1.807, 2.05) is 0 Å². The third kappa shape index (κ3) is 6.57. The third-order valence-corrected chi connectivity index (χ3v) is 4.95. The zero-order chi connectivity index (χ0) is 17.4. The maximum atomic E-state index is 10.2. The lowest BCUT2D eigenvalue weighted by molar-refractivity contribution is -0.0236. The van der Waals surface area contributed by atoms with Gasteiger partial charge in [0, 0.05) is 32.2 Å². The summed E-state index contributed by atoms with van der Waals surface area (Å²) in [6.45, 7) is 11.6. The molecule has 1 aliphatic heterocycles. The van der Waals surface area contributed by atoms with E-state index in [9.17, 15) is 5.11 Å². The van der Waals surface area contributed by atoms with Crippen LogP contribution in [-0.4, -0.2) is 73.0 Å². The minimum atomic E-state index is -0.553. The average Bonchev–Trinajstić information content (AvgIpc) is 2.52. The molecule has 0 unspecified atom stereocenters. The highest BCUT2D eigenvalue weighted by Gasteiger charge is 2.34. The van der Waals surface area contributed by atoms with Crippen LogP contribution in [0.2, 0.25) is 0 Å². The van der Waals surface area contributed by atoms with Crippen molar-refractivity contribution < 1.29 is 9.84 Å². The molecule has 2 aliphatic rings. The first-order valence-electron chi connectivity index (χ1n) is 9.62. The SMILES string of the molecule is CCNC(=NCC1(O)CCC1)NC1CCN(CCOC(C)C)CC1. The van der Waals surface area contributed by atoms with Crippen molar-refractivity contribution in [3.8, 4) is 0 Å². The Bertz CT molecular complexity index is 388. The molecular weight excluding hydrogens is 304 g/mol. The van der Waals surface area contributed by atoms with E-state index in [1.54, 1.807) is 0 Å². The minimum absolute atomic E-state index is 0.313. The Morgan fingerprint density at radius 1 is 1.33 bits per heavy atom. The smallest absolute Gasteiger partial charge is 0.191 e. The molecule has 0 atom stereocenters. The Balaban J connectivity index is 1.70. The second-order valence-corrected chi connectivity index (χ2v) is 7.45. The molecule has 24 heavy (non-hydrogen) atoms. The molecule has 0 aromatic carbocycles. The molecule has 140 valence electrons. The number of aliphatic imine (C=N–C) groups is 1. The van der Waals surface area contributed by atoms with E-state index < -0.39 is 5.60 Å². The van der Waals surface area contributed by atoms with E-state index in [0.717, 1.165) is 70.8 Å². The molecule has 1 saturated carbocycles. The number of nitrogens with one attached hydrogen (secondary N) is 2. The first-order chi connectivity index (χ1) is 11.5. The molecule has 2 rings (SSSR count). The molecule has 0 aromatic rings. The standard InChI is InChI=1S/C18H36N4O2/c1-4-19-17(20-14-18(23)8-5-9-18)21-16-6-10-22(11-7-16)12-13-24-15(2)3/h15-16,23H,4-14H2,1-3H3,(H2,19,20,21). The first-order valence-corrected chi connectivity index (χ1v) is 9.62. The van der Waals surface area contributed by atoms with Gasteiger partial charge in [-0.2, -0.15) is 0 Å². The van der Waals surface area contributed by atoms with Gasteiger partial charge in [0.15, 0.2) is 5.96 Å². The number of hydrogen-bond acceptors (Lipinski definition) is 4. The van der Waals surface area contributed by atoms with Crippen LogP contribution in [0.25, 0.3) is 0 Å². The van der Waals surface area contributed by atoms with Gasteiger partial charge in [-0.1, -0.05) is 0 Å². The van der Waals surface area contributed by atoms with Crippen LogP contribution in [0.1, 0.15) is 52.9 Å². The van der Waals surface area contributed by atoms with Gasteiger partial charge < -0.3 is 25.4 Å². The summed E-state index contributed by atoms with van der Waals surface area (Å²) in [6.07, 6.45) is 5.44.